The fourth-order valence-electron chi connectivity index (χ4n) is 7.68. The first-order chi connectivity index (χ1) is 18.6. The summed E-state index contributed by atoms with van der Waals surface area (Å²) in [5.74, 6) is 2.11. The number of ether oxygens (including phenoxy) is 1. The molecular weight excluding hydrogens is 490 g/mol. The molecule has 3 aliphatic carbocycles. The molecule has 0 aromatic carbocycles. The number of hydrogen-bond donors (Lipinski definition) is 2. The van der Waals surface area contributed by atoms with E-state index < -0.39 is 0 Å². The number of aromatic nitrogens is 2. The van der Waals surface area contributed by atoms with Gasteiger partial charge in [0.15, 0.2) is 0 Å². The van der Waals surface area contributed by atoms with E-state index in [0.29, 0.717) is 47.4 Å². The van der Waals surface area contributed by atoms with Gasteiger partial charge < -0.3 is 20.3 Å². The van der Waals surface area contributed by atoms with E-state index in [1.165, 1.54) is 19.3 Å². The number of methoxy groups -OCH3 is 1. The van der Waals surface area contributed by atoms with E-state index in [1.807, 2.05) is 33.7 Å². The molecule has 0 radical (unpaired) electrons. The third-order valence-corrected chi connectivity index (χ3v) is 10.2. The van der Waals surface area contributed by atoms with Crippen molar-refractivity contribution in [3.8, 4) is 0 Å². The minimum Gasteiger partial charge on any atom is -0.385 e. The molecule has 4 aliphatic rings. The molecule has 8 heteroatoms. The smallest absolute Gasteiger partial charge is 0.268 e. The van der Waals surface area contributed by atoms with Crippen LogP contribution in [0.15, 0.2) is 24.4 Å². The molecule has 4 atom stereocenters. The van der Waals surface area contributed by atoms with Gasteiger partial charge in [-0.05, 0) is 79.4 Å². The van der Waals surface area contributed by atoms with Gasteiger partial charge in [-0.1, -0.05) is 33.8 Å². The molecule has 0 spiro atoms. The van der Waals surface area contributed by atoms with E-state index in [4.69, 9.17) is 9.72 Å². The SMILES string of the molecule is COCCCN(C(=O)Cc1cn2c(C(=O)NC[C@@H]3CC[C@@H]4C[C@H]3C4(C)C)cccc2n1)C1CCNCC1(C)C. The molecule has 39 heavy (non-hydrogen) atoms. The van der Waals surface area contributed by atoms with Crippen molar-refractivity contribution >= 4 is 17.5 Å². The monoisotopic (exact) mass is 537 g/mol. The van der Waals surface area contributed by atoms with Gasteiger partial charge in [0, 0.05) is 45.6 Å². The van der Waals surface area contributed by atoms with E-state index in [9.17, 15) is 9.59 Å². The molecule has 1 saturated heterocycles. The summed E-state index contributed by atoms with van der Waals surface area (Å²) in [4.78, 5) is 33.8. The van der Waals surface area contributed by atoms with Crippen molar-refractivity contribution in [2.24, 2.45) is 28.6 Å². The summed E-state index contributed by atoms with van der Waals surface area (Å²) in [5, 5.41) is 6.70. The lowest BCUT2D eigenvalue weighted by Gasteiger charge is -2.60. The summed E-state index contributed by atoms with van der Waals surface area (Å²) in [6.45, 7) is 13.1. The molecule has 8 nitrogen and oxygen atoms in total. The number of rotatable bonds is 10. The van der Waals surface area contributed by atoms with Crippen LogP contribution in [-0.2, 0) is 16.0 Å². The number of piperidine rings is 1. The van der Waals surface area contributed by atoms with Gasteiger partial charge in [0.2, 0.25) is 5.91 Å². The Balaban J connectivity index is 1.28. The van der Waals surface area contributed by atoms with Crippen LogP contribution in [0.1, 0.15) is 76.0 Å². The van der Waals surface area contributed by atoms with Gasteiger partial charge >= 0.3 is 0 Å². The number of amides is 2. The van der Waals surface area contributed by atoms with Crippen LogP contribution in [0.5, 0.6) is 0 Å². The van der Waals surface area contributed by atoms with Crippen LogP contribution in [0.2, 0.25) is 0 Å². The molecule has 2 N–H and O–H groups in total. The van der Waals surface area contributed by atoms with Crippen molar-refractivity contribution in [3.05, 3.63) is 35.8 Å². The van der Waals surface area contributed by atoms with Crippen LogP contribution >= 0.6 is 0 Å². The Morgan fingerprint density at radius 2 is 2.03 bits per heavy atom. The third-order valence-electron chi connectivity index (χ3n) is 10.2. The van der Waals surface area contributed by atoms with Gasteiger partial charge in [-0.3, -0.25) is 14.0 Å². The average Bonchev–Trinajstić information content (AvgIpc) is 3.32. The zero-order valence-corrected chi connectivity index (χ0v) is 24.5. The molecule has 2 amide bonds. The van der Waals surface area contributed by atoms with Crippen molar-refractivity contribution in [3.63, 3.8) is 0 Å². The Bertz CT molecular complexity index is 1190. The van der Waals surface area contributed by atoms with Crippen LogP contribution < -0.4 is 10.6 Å². The van der Waals surface area contributed by atoms with Gasteiger partial charge in [-0.2, -0.15) is 0 Å². The fourth-order valence-corrected chi connectivity index (χ4v) is 7.68. The standard InChI is InChI=1S/C31H47N5O3/c1-30(2)20-32-13-12-26(30)35(14-7-15-39-5)28(37)17-23-19-36-25(8-6-9-27(36)34-23)29(38)33-18-21-10-11-22-16-24(21)31(22,3)4/h6,8-9,19,21-22,24,26,32H,7,10-18,20H2,1-5H3,(H,33,38)/t21-,22+,24+,26?/m0/s1. The first kappa shape index (κ1) is 28.1. The Hall–Kier alpha value is -2.45. The molecular formula is C31H47N5O3. The highest BCUT2D eigenvalue weighted by Crippen LogP contribution is 2.61. The second kappa shape index (κ2) is 11.2. The third kappa shape index (κ3) is 5.60. The maximum atomic E-state index is 13.7. The summed E-state index contributed by atoms with van der Waals surface area (Å²) >= 11 is 0. The number of nitrogens with one attached hydrogen (secondary N) is 2. The number of nitrogens with zero attached hydrogens (tertiary/aromatic N) is 3. The van der Waals surface area contributed by atoms with Crippen LogP contribution in [0.4, 0.5) is 0 Å². The van der Waals surface area contributed by atoms with Crippen molar-refractivity contribution < 1.29 is 14.3 Å². The molecule has 6 rings (SSSR count). The van der Waals surface area contributed by atoms with Gasteiger partial charge in [-0.25, -0.2) is 4.98 Å². The van der Waals surface area contributed by atoms with Crippen LogP contribution in [-0.4, -0.2) is 72.0 Å². The zero-order valence-electron chi connectivity index (χ0n) is 24.5. The molecule has 4 fully saturated rings. The first-order valence-electron chi connectivity index (χ1n) is 14.9. The summed E-state index contributed by atoms with van der Waals surface area (Å²) in [5.41, 5.74) is 2.34. The van der Waals surface area contributed by atoms with E-state index in [1.54, 1.807) is 7.11 Å². The zero-order chi connectivity index (χ0) is 27.8. The highest BCUT2D eigenvalue weighted by Gasteiger charge is 2.54. The van der Waals surface area contributed by atoms with E-state index in [0.717, 1.165) is 38.4 Å². The quantitative estimate of drug-likeness (QED) is 0.449. The van der Waals surface area contributed by atoms with Crippen LogP contribution in [0, 0.1) is 28.6 Å². The Morgan fingerprint density at radius 1 is 1.21 bits per heavy atom. The summed E-state index contributed by atoms with van der Waals surface area (Å²) in [6, 6.07) is 5.78. The molecule has 2 bridgehead atoms. The van der Waals surface area contributed by atoms with Gasteiger partial charge in [0.25, 0.3) is 5.91 Å². The Morgan fingerprint density at radius 3 is 2.74 bits per heavy atom. The lowest BCUT2D eigenvalue weighted by Crippen LogP contribution is -2.56. The summed E-state index contributed by atoms with van der Waals surface area (Å²) in [7, 11) is 1.70. The minimum absolute atomic E-state index is 0.0148. The molecule has 214 valence electrons. The molecule has 3 heterocycles. The minimum atomic E-state index is -0.0761. The van der Waals surface area contributed by atoms with Crippen molar-refractivity contribution in [2.75, 3.05) is 39.9 Å². The van der Waals surface area contributed by atoms with Gasteiger partial charge in [0.1, 0.15) is 11.3 Å². The molecule has 1 aliphatic heterocycles. The lowest BCUT2D eigenvalue weighted by atomic mass is 9.45. The number of fused-ring (bicyclic) bond motifs is 3. The Kier molecular flexibility index (Phi) is 8.07. The fraction of sp³-hybridized carbons (Fsp3) is 0.710. The highest BCUT2D eigenvalue weighted by atomic mass is 16.5. The molecule has 3 saturated carbocycles. The maximum Gasteiger partial charge on any atom is 0.268 e. The van der Waals surface area contributed by atoms with Crippen molar-refractivity contribution in [2.45, 2.75) is 72.3 Å². The molecule has 1 unspecified atom stereocenters. The average molecular weight is 538 g/mol. The normalized spacial score (nSPS) is 27.1. The number of carbonyl (C=O) groups is 2. The lowest BCUT2D eigenvalue weighted by molar-refractivity contribution is -0.136. The summed E-state index contributed by atoms with van der Waals surface area (Å²) in [6.07, 6.45) is 7.60. The number of imidazole rings is 1. The van der Waals surface area contributed by atoms with Gasteiger partial charge in [-0.15, -0.1) is 0 Å². The highest BCUT2D eigenvalue weighted by molar-refractivity contribution is 5.93. The second-order valence-corrected chi connectivity index (χ2v) is 13.4. The Labute approximate surface area is 233 Å². The van der Waals surface area contributed by atoms with E-state index in [2.05, 4.69) is 38.3 Å². The predicted molar refractivity (Wildman–Crippen MR) is 153 cm³/mol. The first-order valence-corrected chi connectivity index (χ1v) is 14.9. The maximum absolute atomic E-state index is 13.7. The van der Waals surface area contributed by atoms with E-state index in [-0.39, 0.29) is 29.7 Å². The van der Waals surface area contributed by atoms with Crippen LogP contribution in [0.3, 0.4) is 0 Å². The molecule has 2 aromatic heterocycles. The molecule has 2 aromatic rings. The summed E-state index contributed by atoms with van der Waals surface area (Å²) < 4.78 is 7.12. The topological polar surface area (TPSA) is 88.0 Å². The van der Waals surface area contributed by atoms with Crippen molar-refractivity contribution in [1.82, 2.24) is 24.9 Å². The number of hydrogen-bond acceptors (Lipinski definition) is 5. The number of carbonyl (C=O) groups excluding carboxylic acids is 2. The van der Waals surface area contributed by atoms with Crippen LogP contribution in [0.25, 0.3) is 5.65 Å². The predicted octanol–water partition coefficient (Wildman–Crippen LogP) is 3.93. The second-order valence-electron chi connectivity index (χ2n) is 13.4. The van der Waals surface area contributed by atoms with Crippen molar-refractivity contribution in [1.29, 1.82) is 0 Å². The van der Waals surface area contributed by atoms with E-state index >= 15 is 0 Å². The van der Waals surface area contributed by atoms with Gasteiger partial charge in [0.05, 0.1) is 12.1 Å². The number of pyridine rings is 1. The largest absolute Gasteiger partial charge is 0.385 e.